The molecular weight excluding hydrogens is 446 g/mol. The lowest BCUT2D eigenvalue weighted by molar-refractivity contribution is -0.139. The highest BCUT2D eigenvalue weighted by Gasteiger charge is 2.35. The van der Waals surface area contributed by atoms with Crippen molar-refractivity contribution in [3.63, 3.8) is 0 Å². The van der Waals surface area contributed by atoms with E-state index in [1.165, 1.54) is 0 Å². The Balaban J connectivity index is 1.76. The lowest BCUT2D eigenvalue weighted by Gasteiger charge is -2.31. The van der Waals surface area contributed by atoms with Crippen LogP contribution in [-0.4, -0.2) is 29.0 Å². The van der Waals surface area contributed by atoms with E-state index in [0.29, 0.717) is 5.75 Å². The van der Waals surface area contributed by atoms with Crippen molar-refractivity contribution in [3.05, 3.63) is 78.4 Å². The van der Waals surface area contributed by atoms with Gasteiger partial charge >= 0.3 is 0 Å². The fourth-order valence-electron chi connectivity index (χ4n) is 3.77. The molecule has 0 aromatic heterocycles. The molecule has 3 amide bonds. The van der Waals surface area contributed by atoms with Crippen LogP contribution in [0.25, 0.3) is 10.8 Å². The summed E-state index contributed by atoms with van der Waals surface area (Å²) >= 11 is 0. The molecule has 0 aliphatic rings. The van der Waals surface area contributed by atoms with Crippen molar-refractivity contribution < 1.29 is 24.4 Å². The normalized spacial score (nSPS) is 12.9. The summed E-state index contributed by atoms with van der Waals surface area (Å²) in [5.74, 6) is -2.04. The molecular formula is C27H31N3O5. The zero-order valence-electron chi connectivity index (χ0n) is 20.1. The van der Waals surface area contributed by atoms with E-state index in [0.717, 1.165) is 16.3 Å². The van der Waals surface area contributed by atoms with Crippen LogP contribution < -0.4 is 21.1 Å². The van der Waals surface area contributed by atoms with E-state index in [1.54, 1.807) is 29.7 Å². The first-order chi connectivity index (χ1) is 16.7. The van der Waals surface area contributed by atoms with Crippen molar-refractivity contribution in [1.29, 1.82) is 0 Å². The van der Waals surface area contributed by atoms with Crippen molar-refractivity contribution in [1.82, 2.24) is 16.3 Å². The first kappa shape index (κ1) is 25.7. The maximum Gasteiger partial charge on any atom is 0.275 e. The molecule has 0 aliphatic carbocycles. The second-order valence-corrected chi connectivity index (χ2v) is 9.51. The van der Waals surface area contributed by atoms with Crippen molar-refractivity contribution in [3.8, 4) is 5.75 Å². The van der Waals surface area contributed by atoms with Crippen LogP contribution in [0, 0.1) is 11.3 Å². The molecule has 0 saturated carbocycles. The van der Waals surface area contributed by atoms with Crippen molar-refractivity contribution in [2.24, 2.45) is 11.3 Å². The third kappa shape index (κ3) is 7.28. The van der Waals surface area contributed by atoms with Crippen LogP contribution in [0.5, 0.6) is 5.75 Å². The summed E-state index contributed by atoms with van der Waals surface area (Å²) in [5.41, 5.74) is 4.20. The zero-order chi connectivity index (χ0) is 25.4. The molecule has 0 heterocycles. The van der Waals surface area contributed by atoms with Gasteiger partial charge in [-0.3, -0.25) is 19.6 Å². The average molecular weight is 478 g/mol. The van der Waals surface area contributed by atoms with E-state index in [4.69, 9.17) is 10.0 Å². The minimum absolute atomic E-state index is 0.242. The summed E-state index contributed by atoms with van der Waals surface area (Å²) in [6.07, 6.45) is 0.0112. The molecule has 3 aromatic rings. The van der Waals surface area contributed by atoms with Gasteiger partial charge in [-0.25, -0.2) is 5.48 Å². The summed E-state index contributed by atoms with van der Waals surface area (Å²) in [4.78, 5) is 43.6. The monoisotopic (exact) mass is 477 g/mol. The lowest BCUT2D eigenvalue weighted by Crippen LogP contribution is -2.55. The molecule has 35 heavy (non-hydrogen) atoms. The molecule has 0 bridgehead atoms. The third-order valence-corrected chi connectivity index (χ3v) is 5.65. The van der Waals surface area contributed by atoms with E-state index in [-0.39, 0.29) is 12.8 Å². The van der Waals surface area contributed by atoms with Gasteiger partial charge in [0, 0.05) is 6.42 Å². The fourth-order valence-corrected chi connectivity index (χ4v) is 3.77. The molecule has 4 N–H and O–H groups in total. The summed E-state index contributed by atoms with van der Waals surface area (Å²) < 4.78 is 0. The Morgan fingerprint density at radius 3 is 2.20 bits per heavy atom. The smallest absolute Gasteiger partial charge is 0.275 e. The molecule has 0 radical (unpaired) electrons. The molecule has 0 aliphatic heterocycles. The first-order valence-corrected chi connectivity index (χ1v) is 11.4. The van der Waals surface area contributed by atoms with Crippen molar-refractivity contribution >= 4 is 28.5 Å². The maximum absolute atomic E-state index is 13.3. The van der Waals surface area contributed by atoms with Gasteiger partial charge in [-0.1, -0.05) is 81.4 Å². The van der Waals surface area contributed by atoms with Gasteiger partial charge in [-0.15, -0.1) is 0 Å². The Labute approximate surface area is 204 Å². The van der Waals surface area contributed by atoms with Gasteiger partial charge in [0.1, 0.15) is 6.04 Å². The van der Waals surface area contributed by atoms with Crippen LogP contribution in [0.4, 0.5) is 0 Å². The number of carbonyl (C=O) groups is 3. The van der Waals surface area contributed by atoms with E-state index in [1.807, 2.05) is 69.3 Å². The maximum atomic E-state index is 13.3. The number of rotatable bonds is 9. The Bertz CT molecular complexity index is 1170. The topological polar surface area (TPSA) is 117 Å². The molecule has 8 heteroatoms. The number of carbonyl (C=O) groups excluding carboxylic acids is 3. The molecule has 2 atom stereocenters. The Kier molecular flexibility index (Phi) is 8.43. The SMILES string of the molecule is CC(C)(C)[C@H](NC(=O)C(CC(=O)NO)Cc1ccc2ccccc2c1)C(=O)NOc1ccccc1. The van der Waals surface area contributed by atoms with E-state index in [2.05, 4.69) is 10.8 Å². The number of hydrogen-bond acceptors (Lipinski definition) is 5. The second kappa shape index (κ2) is 11.5. The minimum Gasteiger partial charge on any atom is -0.379 e. The molecule has 184 valence electrons. The highest BCUT2D eigenvalue weighted by Crippen LogP contribution is 2.23. The van der Waals surface area contributed by atoms with Gasteiger partial charge in [0.2, 0.25) is 11.8 Å². The average Bonchev–Trinajstić information content (AvgIpc) is 2.85. The number of para-hydroxylation sites is 1. The van der Waals surface area contributed by atoms with Gasteiger partial charge in [-0.05, 0) is 40.3 Å². The lowest BCUT2D eigenvalue weighted by atomic mass is 9.85. The summed E-state index contributed by atoms with van der Waals surface area (Å²) in [6, 6.07) is 21.5. The number of amides is 3. The van der Waals surface area contributed by atoms with Gasteiger partial charge in [0.25, 0.3) is 5.91 Å². The van der Waals surface area contributed by atoms with Crippen LogP contribution in [0.1, 0.15) is 32.8 Å². The molecule has 3 rings (SSSR count). The van der Waals surface area contributed by atoms with Crippen LogP contribution in [0.3, 0.4) is 0 Å². The van der Waals surface area contributed by atoms with E-state index >= 15 is 0 Å². The molecule has 8 nitrogen and oxygen atoms in total. The number of hydrogen-bond donors (Lipinski definition) is 4. The van der Waals surface area contributed by atoms with Gasteiger partial charge in [0.05, 0.1) is 5.92 Å². The molecule has 1 unspecified atom stereocenters. The highest BCUT2D eigenvalue weighted by molar-refractivity contribution is 5.91. The molecule has 0 spiro atoms. The third-order valence-electron chi connectivity index (χ3n) is 5.65. The molecule has 0 saturated heterocycles. The van der Waals surface area contributed by atoms with Crippen LogP contribution in [0.2, 0.25) is 0 Å². The summed E-state index contributed by atoms with van der Waals surface area (Å²) in [6.45, 7) is 5.45. The standard InChI is InChI=1S/C27H31N3O5/c1-27(2,3)24(26(33)30-35-22-11-5-4-6-12-22)28-25(32)21(17-23(31)29-34)16-18-13-14-19-9-7-8-10-20(19)15-18/h4-15,21,24,34H,16-17H2,1-3H3,(H,28,32)(H,29,31)(H,30,33)/t21?,24-/m1/s1. The van der Waals surface area contributed by atoms with E-state index in [9.17, 15) is 14.4 Å². The molecule has 0 fully saturated rings. The number of hydroxylamine groups is 2. The van der Waals surface area contributed by atoms with E-state index < -0.39 is 35.1 Å². The second-order valence-electron chi connectivity index (χ2n) is 9.51. The van der Waals surface area contributed by atoms with Crippen LogP contribution in [0.15, 0.2) is 72.8 Å². The van der Waals surface area contributed by atoms with Crippen molar-refractivity contribution in [2.75, 3.05) is 0 Å². The predicted octanol–water partition coefficient (Wildman–Crippen LogP) is 3.54. The summed E-state index contributed by atoms with van der Waals surface area (Å²) in [5, 5.41) is 13.9. The number of fused-ring (bicyclic) bond motifs is 1. The summed E-state index contributed by atoms with van der Waals surface area (Å²) in [7, 11) is 0. The molecule has 3 aromatic carbocycles. The quantitative estimate of drug-likeness (QED) is 0.278. The zero-order valence-corrected chi connectivity index (χ0v) is 20.1. The van der Waals surface area contributed by atoms with Crippen LogP contribution >= 0.6 is 0 Å². The van der Waals surface area contributed by atoms with Crippen LogP contribution in [-0.2, 0) is 20.8 Å². The largest absolute Gasteiger partial charge is 0.379 e. The Morgan fingerprint density at radius 2 is 1.54 bits per heavy atom. The van der Waals surface area contributed by atoms with Gasteiger partial charge < -0.3 is 10.2 Å². The minimum atomic E-state index is -0.935. The van der Waals surface area contributed by atoms with Crippen molar-refractivity contribution in [2.45, 2.75) is 39.7 Å². The first-order valence-electron chi connectivity index (χ1n) is 11.4. The Hall–Kier alpha value is -3.91. The predicted molar refractivity (Wildman–Crippen MR) is 132 cm³/mol. The Morgan fingerprint density at radius 1 is 0.886 bits per heavy atom. The van der Waals surface area contributed by atoms with Gasteiger partial charge in [-0.2, -0.15) is 5.48 Å². The number of benzene rings is 3. The number of nitrogens with one attached hydrogen (secondary N) is 3. The van der Waals surface area contributed by atoms with Gasteiger partial charge in [0.15, 0.2) is 5.75 Å². The highest BCUT2D eigenvalue weighted by atomic mass is 16.7. The fraction of sp³-hybridized carbons (Fsp3) is 0.296.